The first-order valence-corrected chi connectivity index (χ1v) is 6.24. The molecule has 2 N–H and O–H groups in total. The summed E-state index contributed by atoms with van der Waals surface area (Å²) in [5.74, 6) is -0.460. The van der Waals surface area contributed by atoms with Crippen LogP contribution >= 0.6 is 0 Å². The molecule has 7 heteroatoms. The van der Waals surface area contributed by atoms with Crippen molar-refractivity contribution in [1.29, 1.82) is 0 Å². The van der Waals surface area contributed by atoms with E-state index in [-0.39, 0.29) is 18.9 Å². The number of carboxylic acid groups (broad SMARTS) is 1. The maximum absolute atomic E-state index is 11.9. The molecule has 0 aliphatic rings. The van der Waals surface area contributed by atoms with Crippen LogP contribution in [0.1, 0.15) is 5.56 Å². The van der Waals surface area contributed by atoms with Gasteiger partial charge in [0.2, 0.25) is 5.91 Å². The fraction of sp³-hybridized carbons (Fsp3) is 0.214. The van der Waals surface area contributed by atoms with Crippen LogP contribution in [0.4, 0.5) is 5.69 Å². The number of carboxylic acids is 1. The number of nitrogens with one attached hydrogen (secondary N) is 1. The molecule has 1 amide bonds. The molecule has 0 saturated carbocycles. The summed E-state index contributed by atoms with van der Waals surface area (Å²) in [4.78, 5) is 22.4. The van der Waals surface area contributed by atoms with Gasteiger partial charge in [-0.3, -0.25) is 14.3 Å². The highest BCUT2D eigenvalue weighted by Gasteiger charge is 2.07. The van der Waals surface area contributed by atoms with Crippen molar-refractivity contribution in [3.63, 3.8) is 0 Å². The lowest BCUT2D eigenvalue weighted by Gasteiger charge is -2.04. The first-order chi connectivity index (χ1) is 10.1. The van der Waals surface area contributed by atoms with Gasteiger partial charge in [-0.25, -0.2) is 0 Å². The van der Waals surface area contributed by atoms with E-state index in [1.807, 2.05) is 12.1 Å². The number of carbonyl (C=O) groups excluding carboxylic acids is 1. The smallest absolute Gasteiger partial charge is 0.325 e. The number of carbonyl (C=O) groups is 2. The molecule has 1 heterocycles. The minimum atomic E-state index is -0.991. The Morgan fingerprint density at radius 2 is 2.05 bits per heavy atom. The minimum absolute atomic E-state index is 0.199. The number of nitrogens with zero attached hydrogens (tertiary/aromatic N) is 2. The van der Waals surface area contributed by atoms with Crippen LogP contribution in [0.15, 0.2) is 36.7 Å². The SMILES string of the molecule is COc1ccc(CC(=O)Nc2cnn(CC(=O)O)c2)cc1. The molecule has 21 heavy (non-hydrogen) atoms. The Morgan fingerprint density at radius 3 is 2.67 bits per heavy atom. The number of aromatic nitrogens is 2. The second kappa shape index (κ2) is 6.56. The van der Waals surface area contributed by atoms with Gasteiger partial charge in [-0.2, -0.15) is 5.10 Å². The van der Waals surface area contributed by atoms with Gasteiger partial charge < -0.3 is 15.2 Å². The van der Waals surface area contributed by atoms with Gasteiger partial charge in [0.25, 0.3) is 0 Å². The van der Waals surface area contributed by atoms with Crippen LogP contribution < -0.4 is 10.1 Å². The Labute approximate surface area is 121 Å². The summed E-state index contributed by atoms with van der Waals surface area (Å²) in [5, 5.41) is 15.1. The third-order valence-electron chi connectivity index (χ3n) is 2.74. The summed E-state index contributed by atoms with van der Waals surface area (Å²) in [6.07, 6.45) is 3.10. The van der Waals surface area contributed by atoms with Crippen LogP contribution in [0.25, 0.3) is 0 Å². The van der Waals surface area contributed by atoms with E-state index in [0.717, 1.165) is 11.3 Å². The molecular weight excluding hydrogens is 274 g/mol. The average Bonchev–Trinajstić information content (AvgIpc) is 2.85. The summed E-state index contributed by atoms with van der Waals surface area (Å²) < 4.78 is 6.29. The molecule has 0 fully saturated rings. The van der Waals surface area contributed by atoms with Gasteiger partial charge in [0.05, 0.1) is 25.4 Å². The molecule has 0 atom stereocenters. The predicted octanol–water partition coefficient (Wildman–Crippen LogP) is 1.16. The molecule has 2 rings (SSSR count). The minimum Gasteiger partial charge on any atom is -0.497 e. The van der Waals surface area contributed by atoms with Gasteiger partial charge in [0, 0.05) is 6.20 Å². The van der Waals surface area contributed by atoms with Crippen molar-refractivity contribution in [3.8, 4) is 5.75 Å². The molecule has 0 spiro atoms. The number of anilines is 1. The number of methoxy groups -OCH3 is 1. The van der Waals surface area contributed by atoms with E-state index in [4.69, 9.17) is 9.84 Å². The van der Waals surface area contributed by atoms with Crippen molar-refractivity contribution in [2.45, 2.75) is 13.0 Å². The highest BCUT2D eigenvalue weighted by atomic mass is 16.5. The molecule has 0 bridgehead atoms. The van der Waals surface area contributed by atoms with E-state index in [1.165, 1.54) is 17.1 Å². The summed E-state index contributed by atoms with van der Waals surface area (Å²) in [6.45, 7) is -0.242. The summed E-state index contributed by atoms with van der Waals surface area (Å²) in [5.41, 5.74) is 1.32. The fourth-order valence-electron chi connectivity index (χ4n) is 1.79. The third kappa shape index (κ3) is 4.34. The van der Waals surface area contributed by atoms with Crippen molar-refractivity contribution in [3.05, 3.63) is 42.2 Å². The normalized spacial score (nSPS) is 10.1. The van der Waals surface area contributed by atoms with Crippen molar-refractivity contribution in [2.75, 3.05) is 12.4 Å². The lowest BCUT2D eigenvalue weighted by atomic mass is 10.1. The monoisotopic (exact) mass is 289 g/mol. The van der Waals surface area contributed by atoms with Gasteiger partial charge in [-0.05, 0) is 17.7 Å². The second-order valence-corrected chi connectivity index (χ2v) is 4.39. The second-order valence-electron chi connectivity index (χ2n) is 4.39. The maximum Gasteiger partial charge on any atom is 0.325 e. The number of benzene rings is 1. The summed E-state index contributed by atoms with van der Waals surface area (Å²) >= 11 is 0. The summed E-state index contributed by atoms with van der Waals surface area (Å²) in [6, 6.07) is 7.19. The number of hydrogen-bond acceptors (Lipinski definition) is 4. The number of aliphatic carboxylic acids is 1. The third-order valence-corrected chi connectivity index (χ3v) is 2.74. The van der Waals surface area contributed by atoms with Crippen LogP contribution in [0.3, 0.4) is 0 Å². The topological polar surface area (TPSA) is 93.5 Å². The van der Waals surface area contributed by atoms with Crippen molar-refractivity contribution in [1.82, 2.24) is 9.78 Å². The molecule has 0 radical (unpaired) electrons. The van der Waals surface area contributed by atoms with Gasteiger partial charge in [-0.15, -0.1) is 0 Å². The maximum atomic E-state index is 11.9. The molecule has 7 nitrogen and oxygen atoms in total. The number of rotatable bonds is 6. The zero-order valence-corrected chi connectivity index (χ0v) is 11.4. The molecular formula is C14H15N3O4. The number of hydrogen-bond donors (Lipinski definition) is 2. The van der Waals surface area contributed by atoms with Crippen molar-refractivity contribution < 1.29 is 19.4 Å². The Kier molecular flexibility index (Phi) is 4.55. The largest absolute Gasteiger partial charge is 0.497 e. The van der Waals surface area contributed by atoms with Crippen LogP contribution in [-0.2, 0) is 22.6 Å². The number of ether oxygens (including phenoxy) is 1. The highest BCUT2D eigenvalue weighted by Crippen LogP contribution is 2.12. The van der Waals surface area contributed by atoms with Gasteiger partial charge in [0.1, 0.15) is 12.3 Å². The molecule has 1 aromatic carbocycles. The fourth-order valence-corrected chi connectivity index (χ4v) is 1.79. The van der Waals surface area contributed by atoms with Crippen molar-refractivity contribution in [2.24, 2.45) is 0 Å². The average molecular weight is 289 g/mol. The van der Waals surface area contributed by atoms with E-state index < -0.39 is 5.97 Å². The van der Waals surface area contributed by atoms with E-state index >= 15 is 0 Å². The first kappa shape index (κ1) is 14.6. The van der Waals surface area contributed by atoms with E-state index in [2.05, 4.69) is 10.4 Å². The van der Waals surface area contributed by atoms with Crippen LogP contribution in [0.2, 0.25) is 0 Å². The lowest BCUT2D eigenvalue weighted by molar-refractivity contribution is -0.137. The molecule has 0 saturated heterocycles. The van der Waals surface area contributed by atoms with E-state index in [0.29, 0.717) is 5.69 Å². The molecule has 1 aromatic heterocycles. The molecule has 2 aromatic rings. The lowest BCUT2D eigenvalue weighted by Crippen LogP contribution is -2.14. The Balaban J connectivity index is 1.91. The Morgan fingerprint density at radius 1 is 1.33 bits per heavy atom. The van der Waals surface area contributed by atoms with Gasteiger partial charge in [0.15, 0.2) is 0 Å². The first-order valence-electron chi connectivity index (χ1n) is 6.24. The molecule has 110 valence electrons. The quantitative estimate of drug-likeness (QED) is 0.832. The van der Waals surface area contributed by atoms with E-state index in [1.54, 1.807) is 19.2 Å². The standard InChI is InChI=1S/C14H15N3O4/c1-21-12-4-2-10(3-5-12)6-13(18)16-11-7-15-17(8-11)9-14(19)20/h2-5,7-8H,6,9H2,1H3,(H,16,18)(H,19,20). The van der Waals surface area contributed by atoms with Crippen LogP contribution in [-0.4, -0.2) is 33.9 Å². The zero-order valence-electron chi connectivity index (χ0n) is 11.4. The summed E-state index contributed by atoms with van der Waals surface area (Å²) in [7, 11) is 1.58. The molecule has 0 aliphatic carbocycles. The molecule has 0 aliphatic heterocycles. The predicted molar refractivity (Wildman–Crippen MR) is 75.2 cm³/mol. The van der Waals surface area contributed by atoms with Gasteiger partial charge >= 0.3 is 5.97 Å². The van der Waals surface area contributed by atoms with Crippen molar-refractivity contribution >= 4 is 17.6 Å². The van der Waals surface area contributed by atoms with Crippen LogP contribution in [0, 0.1) is 0 Å². The molecule has 0 unspecified atom stereocenters. The van der Waals surface area contributed by atoms with Gasteiger partial charge in [-0.1, -0.05) is 12.1 Å². The Bertz CT molecular complexity index is 634. The highest BCUT2D eigenvalue weighted by molar-refractivity contribution is 5.92. The number of amides is 1. The zero-order chi connectivity index (χ0) is 15.2. The Hall–Kier alpha value is -2.83. The van der Waals surface area contributed by atoms with Crippen LogP contribution in [0.5, 0.6) is 5.75 Å². The van der Waals surface area contributed by atoms with E-state index in [9.17, 15) is 9.59 Å².